The molecule has 0 aromatic heterocycles. The van der Waals surface area contributed by atoms with E-state index in [1.807, 2.05) is 24.3 Å². The SMILES string of the molecule is CCC(C)(C)C(O)c1ccc(Br)c2ccccc12. The number of aliphatic hydroxyl groups excluding tert-OH is 1. The standard InChI is InChI=1S/C16H19BrO/c1-4-16(2,3)15(18)13-9-10-14(17)12-8-6-5-7-11(12)13/h5-10,15,18H,4H2,1-3H3. The first-order valence-electron chi connectivity index (χ1n) is 6.32. The summed E-state index contributed by atoms with van der Waals surface area (Å²) in [7, 11) is 0. The largest absolute Gasteiger partial charge is 0.388 e. The van der Waals surface area contributed by atoms with E-state index in [2.05, 4.69) is 48.8 Å². The summed E-state index contributed by atoms with van der Waals surface area (Å²) < 4.78 is 1.07. The molecule has 2 aromatic rings. The van der Waals surface area contributed by atoms with E-state index < -0.39 is 6.10 Å². The molecule has 1 atom stereocenters. The van der Waals surface area contributed by atoms with Crippen LogP contribution in [0.5, 0.6) is 0 Å². The monoisotopic (exact) mass is 306 g/mol. The molecule has 1 N–H and O–H groups in total. The molecule has 0 radical (unpaired) electrons. The van der Waals surface area contributed by atoms with Gasteiger partial charge < -0.3 is 5.11 Å². The minimum Gasteiger partial charge on any atom is -0.388 e. The lowest BCUT2D eigenvalue weighted by Gasteiger charge is -2.30. The highest BCUT2D eigenvalue weighted by Gasteiger charge is 2.28. The molecule has 0 saturated heterocycles. The summed E-state index contributed by atoms with van der Waals surface area (Å²) in [5, 5.41) is 12.9. The van der Waals surface area contributed by atoms with Gasteiger partial charge in [0.1, 0.15) is 0 Å². The van der Waals surface area contributed by atoms with Gasteiger partial charge in [-0.3, -0.25) is 0 Å². The Morgan fingerprint density at radius 3 is 2.33 bits per heavy atom. The molecule has 0 fully saturated rings. The molecule has 2 heteroatoms. The van der Waals surface area contributed by atoms with Gasteiger partial charge in [-0.15, -0.1) is 0 Å². The van der Waals surface area contributed by atoms with Crippen LogP contribution < -0.4 is 0 Å². The Bertz CT molecular complexity index is 560. The van der Waals surface area contributed by atoms with Crippen LogP contribution in [0, 0.1) is 5.41 Å². The minimum atomic E-state index is -0.444. The lowest BCUT2D eigenvalue weighted by Crippen LogP contribution is -2.21. The number of benzene rings is 2. The molecule has 0 bridgehead atoms. The minimum absolute atomic E-state index is 0.114. The second-order valence-electron chi connectivity index (χ2n) is 5.43. The van der Waals surface area contributed by atoms with Crippen molar-refractivity contribution in [1.29, 1.82) is 0 Å². The zero-order chi connectivity index (χ0) is 13.3. The molecular weight excluding hydrogens is 288 g/mol. The van der Waals surface area contributed by atoms with Crippen molar-refractivity contribution in [3.8, 4) is 0 Å². The molecule has 18 heavy (non-hydrogen) atoms. The van der Waals surface area contributed by atoms with E-state index in [9.17, 15) is 5.11 Å². The van der Waals surface area contributed by atoms with Gasteiger partial charge in [-0.05, 0) is 34.2 Å². The van der Waals surface area contributed by atoms with Crippen molar-refractivity contribution in [2.75, 3.05) is 0 Å². The van der Waals surface area contributed by atoms with Gasteiger partial charge in [0, 0.05) is 4.47 Å². The molecular formula is C16H19BrO. The van der Waals surface area contributed by atoms with E-state index in [0.29, 0.717) is 0 Å². The molecule has 0 heterocycles. The normalized spacial score (nSPS) is 13.8. The molecule has 0 aliphatic carbocycles. The second kappa shape index (κ2) is 5.02. The first kappa shape index (κ1) is 13.6. The van der Waals surface area contributed by atoms with Crippen molar-refractivity contribution in [3.63, 3.8) is 0 Å². The molecule has 1 nitrogen and oxygen atoms in total. The van der Waals surface area contributed by atoms with E-state index in [4.69, 9.17) is 0 Å². The quantitative estimate of drug-likeness (QED) is 0.839. The van der Waals surface area contributed by atoms with Crippen LogP contribution in [0.1, 0.15) is 38.9 Å². The fraction of sp³-hybridized carbons (Fsp3) is 0.375. The first-order valence-corrected chi connectivity index (χ1v) is 7.12. The van der Waals surface area contributed by atoms with E-state index >= 15 is 0 Å². The van der Waals surface area contributed by atoms with Gasteiger partial charge in [-0.25, -0.2) is 0 Å². The van der Waals surface area contributed by atoms with E-state index in [0.717, 1.165) is 27.2 Å². The molecule has 0 saturated carbocycles. The number of hydrogen-bond acceptors (Lipinski definition) is 1. The van der Waals surface area contributed by atoms with Crippen molar-refractivity contribution in [2.24, 2.45) is 5.41 Å². The zero-order valence-electron chi connectivity index (χ0n) is 11.1. The molecule has 96 valence electrons. The molecule has 2 rings (SSSR count). The summed E-state index contributed by atoms with van der Waals surface area (Å²) in [6.45, 7) is 6.33. The van der Waals surface area contributed by atoms with E-state index in [-0.39, 0.29) is 5.41 Å². The molecule has 0 aliphatic rings. The lowest BCUT2D eigenvalue weighted by atomic mass is 9.79. The van der Waals surface area contributed by atoms with Crippen LogP contribution in [0.4, 0.5) is 0 Å². The molecule has 0 aliphatic heterocycles. The fourth-order valence-electron chi connectivity index (χ4n) is 2.14. The Morgan fingerprint density at radius 2 is 1.72 bits per heavy atom. The van der Waals surface area contributed by atoms with Gasteiger partial charge in [0.25, 0.3) is 0 Å². The smallest absolute Gasteiger partial charge is 0.0846 e. The maximum atomic E-state index is 10.6. The first-order chi connectivity index (χ1) is 8.47. The van der Waals surface area contributed by atoms with Crippen LogP contribution in [0.15, 0.2) is 40.9 Å². The topological polar surface area (TPSA) is 20.2 Å². The van der Waals surface area contributed by atoms with Crippen LogP contribution in [0.3, 0.4) is 0 Å². The highest BCUT2D eigenvalue weighted by atomic mass is 79.9. The zero-order valence-corrected chi connectivity index (χ0v) is 12.7. The Kier molecular flexibility index (Phi) is 3.79. The van der Waals surface area contributed by atoms with Gasteiger partial charge in [-0.1, -0.05) is 67.0 Å². The fourth-order valence-corrected chi connectivity index (χ4v) is 2.62. The summed E-state index contributed by atoms with van der Waals surface area (Å²) in [5.41, 5.74) is 0.900. The van der Waals surface area contributed by atoms with Crippen molar-refractivity contribution in [3.05, 3.63) is 46.4 Å². The summed E-state index contributed by atoms with van der Waals surface area (Å²) in [5.74, 6) is 0. The molecule has 1 unspecified atom stereocenters. The number of halogens is 1. The summed E-state index contributed by atoms with van der Waals surface area (Å²) >= 11 is 3.57. The number of rotatable bonds is 3. The maximum absolute atomic E-state index is 10.6. The van der Waals surface area contributed by atoms with Gasteiger partial charge in [-0.2, -0.15) is 0 Å². The summed E-state index contributed by atoms with van der Waals surface area (Å²) in [6, 6.07) is 12.2. The van der Waals surface area contributed by atoms with Gasteiger partial charge >= 0.3 is 0 Å². The van der Waals surface area contributed by atoms with Crippen molar-refractivity contribution < 1.29 is 5.11 Å². The maximum Gasteiger partial charge on any atom is 0.0846 e. The third kappa shape index (κ3) is 2.32. The van der Waals surface area contributed by atoms with Gasteiger partial charge in [0.15, 0.2) is 0 Å². The van der Waals surface area contributed by atoms with E-state index in [1.54, 1.807) is 0 Å². The lowest BCUT2D eigenvalue weighted by molar-refractivity contribution is 0.0477. The van der Waals surface area contributed by atoms with Gasteiger partial charge in [0.05, 0.1) is 6.10 Å². The second-order valence-corrected chi connectivity index (χ2v) is 6.28. The average Bonchev–Trinajstić information content (AvgIpc) is 2.39. The van der Waals surface area contributed by atoms with Crippen LogP contribution >= 0.6 is 15.9 Å². The summed E-state index contributed by atoms with van der Waals surface area (Å²) in [4.78, 5) is 0. The average molecular weight is 307 g/mol. The molecule has 0 amide bonds. The van der Waals surface area contributed by atoms with Crippen LogP contribution in [-0.2, 0) is 0 Å². The van der Waals surface area contributed by atoms with Crippen molar-refractivity contribution in [2.45, 2.75) is 33.3 Å². The highest BCUT2D eigenvalue weighted by molar-refractivity contribution is 9.10. The molecule has 0 spiro atoms. The number of fused-ring (bicyclic) bond motifs is 1. The third-order valence-corrected chi connectivity index (χ3v) is 4.54. The summed E-state index contributed by atoms with van der Waals surface area (Å²) in [6.07, 6.45) is 0.499. The predicted molar refractivity (Wildman–Crippen MR) is 80.7 cm³/mol. The molecule has 2 aromatic carbocycles. The van der Waals surface area contributed by atoms with Crippen molar-refractivity contribution >= 4 is 26.7 Å². The Hall–Kier alpha value is -0.860. The number of hydrogen-bond donors (Lipinski definition) is 1. The van der Waals surface area contributed by atoms with Crippen molar-refractivity contribution in [1.82, 2.24) is 0 Å². The number of aliphatic hydroxyl groups is 1. The van der Waals surface area contributed by atoms with Crippen LogP contribution in [0.2, 0.25) is 0 Å². The van der Waals surface area contributed by atoms with E-state index in [1.165, 1.54) is 0 Å². The van der Waals surface area contributed by atoms with Gasteiger partial charge in [0.2, 0.25) is 0 Å². The Balaban J connectivity index is 2.62. The predicted octanol–water partition coefficient (Wildman–Crippen LogP) is 5.07. The highest BCUT2D eigenvalue weighted by Crippen LogP contribution is 2.40. The Labute approximate surface area is 117 Å². The third-order valence-electron chi connectivity index (χ3n) is 3.85. The van der Waals surface area contributed by atoms with Crippen LogP contribution in [-0.4, -0.2) is 5.11 Å². The van der Waals surface area contributed by atoms with Crippen LogP contribution in [0.25, 0.3) is 10.8 Å². The Morgan fingerprint density at radius 1 is 1.11 bits per heavy atom.